The number of piperidine rings is 2. The molecule has 0 spiro atoms. The van der Waals surface area contributed by atoms with Gasteiger partial charge in [0.2, 0.25) is 0 Å². The molecule has 0 bridgehead atoms. The highest BCUT2D eigenvalue weighted by atomic mass is 19.4. The maximum atomic E-state index is 12.8. The minimum absolute atomic E-state index is 0.101. The highest BCUT2D eigenvalue weighted by Gasteiger charge is 2.35. The van der Waals surface area contributed by atoms with Crippen LogP contribution < -0.4 is 4.90 Å². The maximum Gasteiger partial charge on any atom is 0.416 e. The summed E-state index contributed by atoms with van der Waals surface area (Å²) in [6.07, 6.45) is -1.04. The third kappa shape index (κ3) is 6.42. The molecule has 2 aromatic rings. The van der Waals surface area contributed by atoms with E-state index in [1.807, 2.05) is 24.3 Å². The van der Waals surface area contributed by atoms with Crippen LogP contribution in [0.2, 0.25) is 0 Å². The van der Waals surface area contributed by atoms with Crippen molar-refractivity contribution in [3.05, 3.63) is 65.2 Å². The van der Waals surface area contributed by atoms with Crippen molar-refractivity contribution in [2.45, 2.75) is 56.4 Å². The normalized spacial score (nSPS) is 19.6. The van der Waals surface area contributed by atoms with E-state index in [0.717, 1.165) is 50.3 Å². The number of Topliss-reactive ketones (excluding diaryl/α,β-unsaturated/α-hetero) is 1. The van der Waals surface area contributed by atoms with Crippen molar-refractivity contribution in [2.75, 3.05) is 37.6 Å². The maximum absolute atomic E-state index is 12.8. The fourth-order valence-corrected chi connectivity index (χ4v) is 4.99. The second-order valence-corrected chi connectivity index (χ2v) is 9.74. The number of carbonyl (C=O) groups excluding carboxylic acids is 1. The first-order chi connectivity index (χ1) is 16.6. The SMILES string of the molecule is O=C(CCCN1CCC(O)(c2ccc(C(F)(F)F)cc2)CC1)c1ccc(N2CCC(O)CC2)cc1. The number of halogens is 3. The lowest BCUT2D eigenvalue weighted by Gasteiger charge is -2.38. The third-order valence-electron chi connectivity index (χ3n) is 7.33. The van der Waals surface area contributed by atoms with Gasteiger partial charge in [0, 0.05) is 43.9 Å². The Bertz CT molecular complexity index is 976. The topological polar surface area (TPSA) is 64.0 Å². The van der Waals surface area contributed by atoms with Crippen molar-refractivity contribution in [1.82, 2.24) is 4.90 Å². The Morgan fingerprint density at radius 3 is 2.11 bits per heavy atom. The van der Waals surface area contributed by atoms with Crippen LogP contribution in [0.4, 0.5) is 18.9 Å². The second-order valence-electron chi connectivity index (χ2n) is 9.74. The van der Waals surface area contributed by atoms with E-state index in [-0.39, 0.29) is 11.9 Å². The first-order valence-corrected chi connectivity index (χ1v) is 12.3. The lowest BCUT2D eigenvalue weighted by Crippen LogP contribution is -2.43. The molecule has 0 atom stereocenters. The Kier molecular flexibility index (Phi) is 7.83. The number of aliphatic hydroxyl groups is 2. The van der Waals surface area contributed by atoms with Crippen molar-refractivity contribution in [3.8, 4) is 0 Å². The van der Waals surface area contributed by atoms with Crippen LogP contribution in [0.5, 0.6) is 0 Å². The van der Waals surface area contributed by atoms with Gasteiger partial charge in [-0.25, -0.2) is 0 Å². The zero-order valence-corrected chi connectivity index (χ0v) is 19.8. The zero-order valence-electron chi connectivity index (χ0n) is 19.8. The van der Waals surface area contributed by atoms with E-state index in [0.29, 0.717) is 49.9 Å². The molecule has 35 heavy (non-hydrogen) atoms. The fraction of sp³-hybridized carbons (Fsp3) is 0.519. The van der Waals surface area contributed by atoms with Crippen molar-refractivity contribution in [2.24, 2.45) is 0 Å². The summed E-state index contributed by atoms with van der Waals surface area (Å²) >= 11 is 0. The Labute approximate surface area is 204 Å². The van der Waals surface area contributed by atoms with Gasteiger partial charge in [-0.2, -0.15) is 13.2 Å². The summed E-state index contributed by atoms with van der Waals surface area (Å²) in [6, 6.07) is 12.5. The number of likely N-dealkylation sites (tertiary alicyclic amines) is 1. The molecule has 2 heterocycles. The summed E-state index contributed by atoms with van der Waals surface area (Å²) in [4.78, 5) is 17.0. The highest BCUT2D eigenvalue weighted by Crippen LogP contribution is 2.35. The lowest BCUT2D eigenvalue weighted by molar-refractivity contribution is -0.137. The van der Waals surface area contributed by atoms with Crippen molar-refractivity contribution < 1.29 is 28.2 Å². The number of alkyl halides is 3. The Morgan fingerprint density at radius 2 is 1.54 bits per heavy atom. The molecule has 2 aliphatic rings. The molecule has 2 N–H and O–H groups in total. The molecule has 0 saturated carbocycles. The molecule has 8 heteroatoms. The molecule has 0 unspecified atom stereocenters. The van der Waals surface area contributed by atoms with E-state index in [4.69, 9.17) is 0 Å². The van der Waals surface area contributed by atoms with Crippen LogP contribution in [0.3, 0.4) is 0 Å². The molecular weight excluding hydrogens is 457 g/mol. The summed E-state index contributed by atoms with van der Waals surface area (Å²) in [5, 5.41) is 20.6. The summed E-state index contributed by atoms with van der Waals surface area (Å²) < 4.78 is 38.4. The van der Waals surface area contributed by atoms with E-state index in [2.05, 4.69) is 9.80 Å². The Balaban J connectivity index is 1.21. The Hall–Kier alpha value is -2.42. The number of rotatable bonds is 7. The molecule has 2 fully saturated rings. The quantitative estimate of drug-likeness (QED) is 0.555. The van der Waals surface area contributed by atoms with Gasteiger partial charge in [0.1, 0.15) is 0 Å². The molecular formula is C27H33F3N2O3. The van der Waals surface area contributed by atoms with Gasteiger partial charge >= 0.3 is 6.18 Å². The minimum atomic E-state index is -4.39. The van der Waals surface area contributed by atoms with Crippen LogP contribution in [0.15, 0.2) is 48.5 Å². The summed E-state index contributed by atoms with van der Waals surface area (Å²) in [6.45, 7) is 3.63. The molecule has 0 aromatic heterocycles. The predicted molar refractivity (Wildman–Crippen MR) is 128 cm³/mol. The van der Waals surface area contributed by atoms with Crippen LogP contribution >= 0.6 is 0 Å². The van der Waals surface area contributed by atoms with Gasteiger partial charge < -0.3 is 20.0 Å². The number of hydrogen-bond donors (Lipinski definition) is 2. The molecule has 190 valence electrons. The van der Waals surface area contributed by atoms with Gasteiger partial charge in [-0.05, 0) is 80.6 Å². The van der Waals surface area contributed by atoms with Gasteiger partial charge in [0.15, 0.2) is 5.78 Å². The number of nitrogens with zero attached hydrogens (tertiary/aromatic N) is 2. The van der Waals surface area contributed by atoms with Gasteiger partial charge in [-0.1, -0.05) is 12.1 Å². The minimum Gasteiger partial charge on any atom is -0.393 e. The van der Waals surface area contributed by atoms with Gasteiger partial charge in [-0.3, -0.25) is 4.79 Å². The zero-order chi connectivity index (χ0) is 25.1. The van der Waals surface area contributed by atoms with Gasteiger partial charge in [0.25, 0.3) is 0 Å². The number of anilines is 1. The largest absolute Gasteiger partial charge is 0.416 e. The van der Waals surface area contributed by atoms with Crippen LogP contribution in [0.1, 0.15) is 60.0 Å². The third-order valence-corrected chi connectivity index (χ3v) is 7.33. The van der Waals surface area contributed by atoms with E-state index >= 15 is 0 Å². The number of ketones is 1. The van der Waals surface area contributed by atoms with Gasteiger partial charge in [-0.15, -0.1) is 0 Å². The summed E-state index contributed by atoms with van der Waals surface area (Å²) in [5.41, 5.74) is 0.450. The smallest absolute Gasteiger partial charge is 0.393 e. The number of carbonyl (C=O) groups is 1. The molecule has 0 aliphatic carbocycles. The van der Waals surface area contributed by atoms with E-state index in [9.17, 15) is 28.2 Å². The second kappa shape index (κ2) is 10.7. The number of hydrogen-bond acceptors (Lipinski definition) is 5. The molecule has 2 aliphatic heterocycles. The first-order valence-electron chi connectivity index (χ1n) is 12.3. The standard InChI is InChI=1S/C27H33F3N2O3/c28-27(29,30)22-7-5-21(6-8-22)26(35)13-18-31(19-14-26)15-1-2-25(34)20-3-9-23(10-4-20)32-16-11-24(33)12-17-32/h3-10,24,33,35H,1-2,11-19H2. The van der Waals surface area contributed by atoms with Crippen LogP contribution in [-0.4, -0.2) is 59.7 Å². The average Bonchev–Trinajstić information content (AvgIpc) is 2.85. The average molecular weight is 491 g/mol. The van der Waals surface area contributed by atoms with Crippen molar-refractivity contribution in [1.29, 1.82) is 0 Å². The van der Waals surface area contributed by atoms with Crippen LogP contribution in [0, 0.1) is 0 Å². The highest BCUT2D eigenvalue weighted by molar-refractivity contribution is 5.96. The molecule has 0 amide bonds. The molecule has 2 saturated heterocycles. The molecule has 5 nitrogen and oxygen atoms in total. The predicted octanol–water partition coefficient (Wildman–Crippen LogP) is 4.61. The molecule has 4 rings (SSSR count). The van der Waals surface area contributed by atoms with Crippen LogP contribution in [0.25, 0.3) is 0 Å². The Morgan fingerprint density at radius 1 is 0.943 bits per heavy atom. The summed E-state index contributed by atoms with van der Waals surface area (Å²) in [5.74, 6) is 0.101. The molecule has 2 aromatic carbocycles. The lowest BCUT2D eigenvalue weighted by atomic mass is 9.84. The van der Waals surface area contributed by atoms with E-state index < -0.39 is 17.3 Å². The monoisotopic (exact) mass is 490 g/mol. The van der Waals surface area contributed by atoms with Crippen molar-refractivity contribution >= 4 is 11.5 Å². The number of benzene rings is 2. The summed E-state index contributed by atoms with van der Waals surface area (Å²) in [7, 11) is 0. The number of aliphatic hydroxyl groups excluding tert-OH is 1. The van der Waals surface area contributed by atoms with E-state index in [1.54, 1.807) is 0 Å². The van der Waals surface area contributed by atoms with E-state index in [1.165, 1.54) is 12.1 Å². The van der Waals surface area contributed by atoms with Crippen molar-refractivity contribution in [3.63, 3.8) is 0 Å². The fourth-order valence-electron chi connectivity index (χ4n) is 4.99. The first kappa shape index (κ1) is 25.7. The van der Waals surface area contributed by atoms with Crippen LogP contribution in [-0.2, 0) is 11.8 Å². The molecule has 0 radical (unpaired) electrons. The van der Waals surface area contributed by atoms with Gasteiger partial charge in [0.05, 0.1) is 17.3 Å².